The van der Waals surface area contributed by atoms with Gasteiger partial charge in [-0.25, -0.2) is 4.57 Å². The molecule has 0 heterocycles. The normalized spacial score (nSPS) is 13.8. The third-order valence-electron chi connectivity index (χ3n) is 2.58. The standard InChI is InChI=1S/C14H21O4P/c1-3-17-19(16,18-13(2)15)12-8-7-11-14-9-5-4-6-10-14/h4-6,9-10H,3,7-8,11-12H2,1-2H3. The van der Waals surface area contributed by atoms with E-state index in [1.54, 1.807) is 6.92 Å². The van der Waals surface area contributed by atoms with Crippen LogP contribution in [-0.4, -0.2) is 18.7 Å². The maximum atomic E-state index is 12.2. The van der Waals surface area contributed by atoms with Gasteiger partial charge in [0.15, 0.2) is 0 Å². The highest BCUT2D eigenvalue weighted by Crippen LogP contribution is 2.49. The number of carbonyl (C=O) groups excluding carboxylic acids is 1. The first-order valence-corrected chi connectivity index (χ1v) is 8.26. The average Bonchev–Trinajstić information content (AvgIpc) is 2.35. The Morgan fingerprint density at radius 1 is 1.21 bits per heavy atom. The molecule has 0 aliphatic rings. The van der Waals surface area contributed by atoms with Crippen LogP contribution in [-0.2, 0) is 24.8 Å². The van der Waals surface area contributed by atoms with Gasteiger partial charge in [0.05, 0.1) is 12.8 Å². The van der Waals surface area contributed by atoms with Crippen LogP contribution in [0.1, 0.15) is 32.3 Å². The van der Waals surface area contributed by atoms with E-state index < -0.39 is 13.6 Å². The molecule has 0 fully saturated rings. The second-order valence-electron chi connectivity index (χ2n) is 4.28. The van der Waals surface area contributed by atoms with Crippen LogP contribution < -0.4 is 0 Å². The van der Waals surface area contributed by atoms with E-state index in [4.69, 9.17) is 9.05 Å². The fraction of sp³-hybridized carbons (Fsp3) is 0.500. The third-order valence-corrected chi connectivity index (χ3v) is 4.63. The monoisotopic (exact) mass is 284 g/mol. The fourth-order valence-electron chi connectivity index (χ4n) is 1.81. The van der Waals surface area contributed by atoms with Gasteiger partial charge in [-0.2, -0.15) is 0 Å². The summed E-state index contributed by atoms with van der Waals surface area (Å²) in [4.78, 5) is 10.9. The molecule has 4 nitrogen and oxygen atoms in total. The maximum Gasteiger partial charge on any atom is 0.381 e. The molecule has 0 saturated heterocycles. The topological polar surface area (TPSA) is 52.6 Å². The van der Waals surface area contributed by atoms with Crippen LogP contribution in [0.3, 0.4) is 0 Å². The molecule has 0 bridgehead atoms. The highest BCUT2D eigenvalue weighted by Gasteiger charge is 2.26. The molecule has 5 heteroatoms. The van der Waals surface area contributed by atoms with E-state index in [-0.39, 0.29) is 12.8 Å². The molecule has 1 aromatic carbocycles. The number of carbonyl (C=O) groups is 1. The summed E-state index contributed by atoms with van der Waals surface area (Å²) < 4.78 is 22.1. The molecule has 1 atom stereocenters. The van der Waals surface area contributed by atoms with Crippen molar-refractivity contribution in [2.24, 2.45) is 0 Å². The van der Waals surface area contributed by atoms with Gasteiger partial charge < -0.3 is 9.05 Å². The Hall–Kier alpha value is -1.12. The summed E-state index contributed by atoms with van der Waals surface area (Å²) >= 11 is 0. The molecule has 0 spiro atoms. The molecular formula is C14H21O4P. The lowest BCUT2D eigenvalue weighted by atomic mass is 10.1. The zero-order valence-electron chi connectivity index (χ0n) is 11.5. The van der Waals surface area contributed by atoms with Crippen molar-refractivity contribution in [3.8, 4) is 0 Å². The Bertz CT molecular complexity index is 430. The van der Waals surface area contributed by atoms with Crippen molar-refractivity contribution >= 4 is 13.6 Å². The SMILES string of the molecule is CCOP(=O)(CCCCc1ccccc1)OC(C)=O. The number of benzene rings is 1. The first-order valence-electron chi connectivity index (χ1n) is 6.53. The van der Waals surface area contributed by atoms with Crippen molar-refractivity contribution < 1.29 is 18.4 Å². The van der Waals surface area contributed by atoms with E-state index in [9.17, 15) is 9.36 Å². The Labute approximate surface area is 114 Å². The van der Waals surface area contributed by atoms with E-state index in [1.165, 1.54) is 12.5 Å². The number of aryl methyl sites for hydroxylation is 1. The van der Waals surface area contributed by atoms with Crippen molar-refractivity contribution in [1.29, 1.82) is 0 Å². The van der Waals surface area contributed by atoms with E-state index in [1.807, 2.05) is 18.2 Å². The Morgan fingerprint density at radius 2 is 1.89 bits per heavy atom. The summed E-state index contributed by atoms with van der Waals surface area (Å²) in [5, 5.41) is 0. The largest absolute Gasteiger partial charge is 0.392 e. The van der Waals surface area contributed by atoms with Gasteiger partial charge in [-0.3, -0.25) is 4.79 Å². The van der Waals surface area contributed by atoms with Crippen LogP contribution in [0.15, 0.2) is 30.3 Å². The van der Waals surface area contributed by atoms with Crippen LogP contribution in [0.4, 0.5) is 0 Å². The summed E-state index contributed by atoms with van der Waals surface area (Å²) in [6.07, 6.45) is 2.81. The lowest BCUT2D eigenvalue weighted by Gasteiger charge is -2.16. The van der Waals surface area contributed by atoms with E-state index in [0.29, 0.717) is 6.42 Å². The van der Waals surface area contributed by atoms with Gasteiger partial charge >= 0.3 is 13.6 Å². The summed E-state index contributed by atoms with van der Waals surface area (Å²) in [5.74, 6) is -0.556. The lowest BCUT2D eigenvalue weighted by molar-refractivity contribution is -0.132. The van der Waals surface area contributed by atoms with Gasteiger partial charge in [0, 0.05) is 6.92 Å². The van der Waals surface area contributed by atoms with Crippen molar-refractivity contribution in [1.82, 2.24) is 0 Å². The van der Waals surface area contributed by atoms with Gasteiger partial charge in [0.1, 0.15) is 0 Å². The number of rotatable bonds is 8. The molecule has 1 aromatic rings. The Morgan fingerprint density at radius 3 is 2.47 bits per heavy atom. The first kappa shape index (κ1) is 15.9. The number of unbranched alkanes of at least 4 members (excludes halogenated alkanes) is 1. The third kappa shape index (κ3) is 6.55. The summed E-state index contributed by atoms with van der Waals surface area (Å²) in [5.41, 5.74) is 1.25. The zero-order chi connectivity index (χ0) is 14.1. The van der Waals surface area contributed by atoms with Crippen LogP contribution in [0.2, 0.25) is 0 Å². The molecule has 0 radical (unpaired) electrons. The summed E-state index contributed by atoms with van der Waals surface area (Å²) in [6.45, 7) is 3.26. The van der Waals surface area contributed by atoms with Gasteiger partial charge in [-0.05, 0) is 31.7 Å². The smallest absolute Gasteiger partial charge is 0.381 e. The Kier molecular flexibility index (Phi) is 6.82. The molecule has 1 unspecified atom stereocenters. The second-order valence-corrected chi connectivity index (χ2v) is 6.39. The highest BCUT2D eigenvalue weighted by molar-refractivity contribution is 7.54. The predicted molar refractivity (Wildman–Crippen MR) is 75.2 cm³/mol. The van der Waals surface area contributed by atoms with Crippen LogP contribution >= 0.6 is 7.60 Å². The zero-order valence-corrected chi connectivity index (χ0v) is 12.4. The molecule has 0 amide bonds. The molecule has 106 valence electrons. The summed E-state index contributed by atoms with van der Waals surface area (Å²) in [7, 11) is -3.25. The van der Waals surface area contributed by atoms with E-state index in [2.05, 4.69) is 12.1 Å². The van der Waals surface area contributed by atoms with Gasteiger partial charge in [-0.15, -0.1) is 0 Å². The molecule has 0 aliphatic carbocycles. The minimum atomic E-state index is -3.25. The summed E-state index contributed by atoms with van der Waals surface area (Å²) in [6, 6.07) is 10.1. The molecule has 0 N–H and O–H groups in total. The van der Waals surface area contributed by atoms with Crippen LogP contribution in [0.25, 0.3) is 0 Å². The maximum absolute atomic E-state index is 12.2. The van der Waals surface area contributed by atoms with E-state index in [0.717, 1.165) is 12.8 Å². The predicted octanol–water partition coefficient (Wildman–Crippen LogP) is 3.80. The van der Waals surface area contributed by atoms with Gasteiger partial charge in [-0.1, -0.05) is 30.3 Å². The van der Waals surface area contributed by atoms with Crippen molar-refractivity contribution in [3.05, 3.63) is 35.9 Å². The van der Waals surface area contributed by atoms with Gasteiger partial charge in [0.25, 0.3) is 0 Å². The average molecular weight is 284 g/mol. The first-order chi connectivity index (χ1) is 9.06. The van der Waals surface area contributed by atoms with Crippen molar-refractivity contribution in [2.45, 2.75) is 33.1 Å². The Balaban J connectivity index is 2.36. The molecule has 19 heavy (non-hydrogen) atoms. The minimum Gasteiger partial charge on any atom is -0.392 e. The molecule has 0 saturated carbocycles. The number of hydrogen-bond donors (Lipinski definition) is 0. The highest BCUT2D eigenvalue weighted by atomic mass is 31.2. The van der Waals surface area contributed by atoms with E-state index >= 15 is 0 Å². The quantitative estimate of drug-likeness (QED) is 0.538. The molecule has 1 rings (SSSR count). The molecule has 0 aliphatic heterocycles. The number of hydrogen-bond acceptors (Lipinski definition) is 4. The van der Waals surface area contributed by atoms with Crippen LogP contribution in [0, 0.1) is 0 Å². The molecular weight excluding hydrogens is 263 g/mol. The minimum absolute atomic E-state index is 0.281. The lowest BCUT2D eigenvalue weighted by Crippen LogP contribution is -2.04. The second kappa shape index (κ2) is 8.13. The fourth-order valence-corrected chi connectivity index (χ4v) is 3.48. The molecule has 0 aromatic heterocycles. The van der Waals surface area contributed by atoms with Crippen molar-refractivity contribution in [3.63, 3.8) is 0 Å². The van der Waals surface area contributed by atoms with Crippen molar-refractivity contribution in [2.75, 3.05) is 12.8 Å². The van der Waals surface area contributed by atoms with Crippen LogP contribution in [0.5, 0.6) is 0 Å². The van der Waals surface area contributed by atoms with Gasteiger partial charge in [0.2, 0.25) is 0 Å².